The van der Waals surface area contributed by atoms with Gasteiger partial charge in [0.1, 0.15) is 19.0 Å². The van der Waals surface area contributed by atoms with Crippen molar-refractivity contribution in [2.75, 3.05) is 24.3 Å². The molecule has 0 bridgehead atoms. The molecule has 3 aromatic carbocycles. The summed E-state index contributed by atoms with van der Waals surface area (Å²) < 4.78 is 10.8. The first-order chi connectivity index (χ1) is 16.5. The molecule has 0 radical (unpaired) electrons. The number of thioether (sulfide) groups is 1. The van der Waals surface area contributed by atoms with Crippen LogP contribution in [0.2, 0.25) is 0 Å². The van der Waals surface area contributed by atoms with E-state index in [9.17, 15) is 14.4 Å². The van der Waals surface area contributed by atoms with E-state index in [1.54, 1.807) is 24.3 Å². The molecule has 7 heteroatoms. The molecule has 34 heavy (non-hydrogen) atoms. The van der Waals surface area contributed by atoms with Gasteiger partial charge in [-0.3, -0.25) is 9.59 Å². The van der Waals surface area contributed by atoms with E-state index >= 15 is 0 Å². The van der Waals surface area contributed by atoms with Crippen LogP contribution in [0, 0.1) is 5.92 Å². The van der Waals surface area contributed by atoms with Gasteiger partial charge in [0.05, 0.1) is 11.5 Å². The predicted molar refractivity (Wildman–Crippen MR) is 134 cm³/mol. The Morgan fingerprint density at radius 2 is 1.59 bits per heavy atom. The second kappa shape index (κ2) is 13.2. The summed E-state index contributed by atoms with van der Waals surface area (Å²) in [7, 11) is 0. The number of nitrogens with one attached hydrogen (secondary N) is 1. The monoisotopic (exact) mass is 477 g/mol. The number of benzene rings is 3. The predicted octanol–water partition coefficient (Wildman–Crippen LogP) is 5.00. The molecule has 3 rings (SSSR count). The summed E-state index contributed by atoms with van der Waals surface area (Å²) in [5, 5.41) is 2.84. The maximum absolute atomic E-state index is 13.0. The van der Waals surface area contributed by atoms with Crippen LogP contribution in [-0.2, 0) is 20.7 Å². The van der Waals surface area contributed by atoms with Gasteiger partial charge in [-0.2, -0.15) is 0 Å². The highest BCUT2D eigenvalue weighted by molar-refractivity contribution is 8.13. The van der Waals surface area contributed by atoms with Crippen LogP contribution in [0.25, 0.3) is 0 Å². The summed E-state index contributed by atoms with van der Waals surface area (Å²) in [6.45, 7) is 1.83. The number of carbonyl (C=O) groups excluding carboxylic acids is 3. The maximum atomic E-state index is 13.0. The van der Waals surface area contributed by atoms with Crippen molar-refractivity contribution >= 4 is 34.4 Å². The van der Waals surface area contributed by atoms with Gasteiger partial charge < -0.3 is 14.8 Å². The second-order valence-electron chi connectivity index (χ2n) is 7.56. The molecule has 0 aromatic heterocycles. The minimum absolute atomic E-state index is 0.0353. The summed E-state index contributed by atoms with van der Waals surface area (Å²) >= 11 is 1.13. The highest BCUT2D eigenvalue weighted by atomic mass is 32.2. The van der Waals surface area contributed by atoms with Gasteiger partial charge in [-0.25, -0.2) is 4.79 Å². The van der Waals surface area contributed by atoms with E-state index in [0.29, 0.717) is 29.2 Å². The molecule has 1 N–H and O–H groups in total. The second-order valence-corrected chi connectivity index (χ2v) is 8.75. The first-order valence-electron chi connectivity index (χ1n) is 10.9. The number of ether oxygens (including phenoxy) is 2. The van der Waals surface area contributed by atoms with Crippen LogP contribution in [0.4, 0.5) is 5.69 Å². The first kappa shape index (κ1) is 25.1. The van der Waals surface area contributed by atoms with Gasteiger partial charge in [0, 0.05) is 18.4 Å². The van der Waals surface area contributed by atoms with Gasteiger partial charge in [-0.15, -0.1) is 0 Å². The lowest BCUT2D eigenvalue weighted by molar-refractivity contribution is -0.119. The lowest BCUT2D eigenvalue weighted by atomic mass is 10.00. The summed E-state index contributed by atoms with van der Waals surface area (Å²) in [6.07, 6.45) is 0.510. The van der Waals surface area contributed by atoms with Crippen LogP contribution in [0.3, 0.4) is 0 Å². The van der Waals surface area contributed by atoms with Crippen LogP contribution in [0.5, 0.6) is 5.75 Å². The van der Waals surface area contributed by atoms with Crippen molar-refractivity contribution in [1.29, 1.82) is 0 Å². The normalized spacial score (nSPS) is 11.3. The lowest BCUT2D eigenvalue weighted by Gasteiger charge is -2.16. The molecule has 1 atom stereocenters. The fraction of sp³-hybridized carbons (Fsp3) is 0.222. The molecular formula is C27H27NO5S. The smallest absolute Gasteiger partial charge is 0.338 e. The Balaban J connectivity index is 1.56. The Morgan fingerprint density at radius 3 is 2.29 bits per heavy atom. The average Bonchev–Trinajstić information content (AvgIpc) is 2.85. The topological polar surface area (TPSA) is 81.7 Å². The van der Waals surface area contributed by atoms with E-state index in [4.69, 9.17) is 9.47 Å². The third-order valence-corrected chi connectivity index (χ3v) is 5.85. The van der Waals surface area contributed by atoms with Crippen LogP contribution < -0.4 is 10.1 Å². The molecule has 0 saturated heterocycles. The largest absolute Gasteiger partial charge is 0.490 e. The molecule has 1 amide bonds. The molecule has 0 aliphatic carbocycles. The van der Waals surface area contributed by atoms with Crippen molar-refractivity contribution in [2.24, 2.45) is 5.92 Å². The number of para-hydroxylation sites is 1. The molecule has 176 valence electrons. The van der Waals surface area contributed by atoms with Crippen molar-refractivity contribution in [3.05, 3.63) is 96.1 Å². The third-order valence-electron chi connectivity index (χ3n) is 4.88. The van der Waals surface area contributed by atoms with Crippen LogP contribution in [0.15, 0.2) is 84.9 Å². The zero-order valence-electron chi connectivity index (χ0n) is 18.9. The quantitative estimate of drug-likeness (QED) is 0.309. The van der Waals surface area contributed by atoms with Crippen molar-refractivity contribution in [3.8, 4) is 5.75 Å². The molecule has 6 nitrogen and oxygen atoms in total. The van der Waals surface area contributed by atoms with E-state index in [1.165, 1.54) is 6.92 Å². The molecule has 1 unspecified atom stereocenters. The summed E-state index contributed by atoms with van der Waals surface area (Å²) in [4.78, 5) is 36.9. The Morgan fingerprint density at radius 1 is 0.882 bits per heavy atom. The average molecular weight is 478 g/mol. The van der Waals surface area contributed by atoms with Crippen LogP contribution in [0.1, 0.15) is 22.8 Å². The van der Waals surface area contributed by atoms with Gasteiger partial charge in [0.15, 0.2) is 5.12 Å². The van der Waals surface area contributed by atoms with Gasteiger partial charge in [-0.1, -0.05) is 66.4 Å². The molecule has 0 heterocycles. The lowest BCUT2D eigenvalue weighted by Crippen LogP contribution is -2.27. The Hall–Kier alpha value is -3.58. The third kappa shape index (κ3) is 8.41. The van der Waals surface area contributed by atoms with E-state index < -0.39 is 11.9 Å². The Bertz CT molecular complexity index is 1090. The molecule has 0 aliphatic heterocycles. The van der Waals surface area contributed by atoms with Crippen molar-refractivity contribution in [2.45, 2.75) is 13.3 Å². The number of hydrogen-bond acceptors (Lipinski definition) is 6. The zero-order chi connectivity index (χ0) is 24.2. The summed E-state index contributed by atoms with van der Waals surface area (Å²) in [5.74, 6) is -0.0300. The Kier molecular flexibility index (Phi) is 9.73. The SMILES string of the molecule is CC(=O)SCC(Cc1ccccc1)C(=O)Nc1cccc(C(=O)OCCOc2ccccc2)c1. The van der Waals surface area contributed by atoms with Crippen molar-refractivity contribution in [1.82, 2.24) is 0 Å². The number of hydrogen-bond donors (Lipinski definition) is 1. The van der Waals surface area contributed by atoms with E-state index in [1.807, 2.05) is 60.7 Å². The highest BCUT2D eigenvalue weighted by Gasteiger charge is 2.21. The van der Waals surface area contributed by atoms with E-state index in [-0.39, 0.29) is 24.2 Å². The minimum Gasteiger partial charge on any atom is -0.490 e. The summed E-state index contributed by atoms with van der Waals surface area (Å²) in [6, 6.07) is 25.5. The zero-order valence-corrected chi connectivity index (χ0v) is 19.8. The summed E-state index contributed by atoms with van der Waals surface area (Å²) in [5.41, 5.74) is 1.84. The van der Waals surface area contributed by atoms with Gasteiger partial charge in [-0.05, 0) is 42.3 Å². The van der Waals surface area contributed by atoms with Gasteiger partial charge in [0.25, 0.3) is 0 Å². The van der Waals surface area contributed by atoms with Crippen molar-refractivity contribution in [3.63, 3.8) is 0 Å². The standard InChI is InChI=1S/C27H27NO5S/c1-20(29)34-19-23(17-21-9-4-2-5-10-21)26(30)28-24-12-8-11-22(18-24)27(31)33-16-15-32-25-13-6-3-7-14-25/h2-14,18,23H,15-17,19H2,1H3,(H,28,30). The fourth-order valence-electron chi connectivity index (χ4n) is 3.21. The molecule has 0 spiro atoms. The fourth-order valence-corrected chi connectivity index (χ4v) is 3.91. The molecule has 0 saturated carbocycles. The molecule has 0 aliphatic rings. The van der Waals surface area contributed by atoms with Crippen LogP contribution in [-0.4, -0.2) is 36.0 Å². The molecule has 0 fully saturated rings. The van der Waals surface area contributed by atoms with E-state index in [2.05, 4.69) is 5.32 Å². The van der Waals surface area contributed by atoms with Gasteiger partial charge in [0.2, 0.25) is 5.91 Å². The Labute approximate surface area is 203 Å². The maximum Gasteiger partial charge on any atom is 0.338 e. The van der Waals surface area contributed by atoms with Crippen LogP contribution >= 0.6 is 11.8 Å². The minimum atomic E-state index is -0.499. The number of rotatable bonds is 11. The number of carbonyl (C=O) groups is 3. The number of anilines is 1. The van der Waals surface area contributed by atoms with Crippen molar-refractivity contribution < 1.29 is 23.9 Å². The van der Waals surface area contributed by atoms with E-state index in [0.717, 1.165) is 17.3 Å². The molecule has 3 aromatic rings. The molecular weight excluding hydrogens is 450 g/mol. The number of esters is 1. The van der Waals surface area contributed by atoms with Gasteiger partial charge >= 0.3 is 5.97 Å². The number of amides is 1. The first-order valence-corrected chi connectivity index (χ1v) is 11.9. The highest BCUT2D eigenvalue weighted by Crippen LogP contribution is 2.19.